The zero-order valence-corrected chi connectivity index (χ0v) is 23.7. The van der Waals surface area contributed by atoms with E-state index in [9.17, 15) is 24.3 Å². The molecule has 2 spiro atoms. The number of carbonyl (C=O) groups excluding carboxylic acids is 4. The molecule has 10 atom stereocenters. The van der Waals surface area contributed by atoms with E-state index in [4.69, 9.17) is 28.4 Å². The van der Waals surface area contributed by atoms with E-state index in [1.807, 2.05) is 6.92 Å². The first-order valence-electron chi connectivity index (χ1n) is 13.9. The van der Waals surface area contributed by atoms with Gasteiger partial charge >= 0.3 is 23.9 Å². The minimum Gasteiger partial charge on any atom is -0.466 e. The van der Waals surface area contributed by atoms with Gasteiger partial charge in [-0.1, -0.05) is 13.8 Å². The fraction of sp³-hybridized carbons (Fsp3) is 0.857. The van der Waals surface area contributed by atoms with Crippen molar-refractivity contribution in [3.63, 3.8) is 0 Å². The maximum absolute atomic E-state index is 12.4. The number of epoxide rings is 1. The molecule has 2 bridgehead atoms. The predicted octanol–water partition coefficient (Wildman–Crippen LogP) is 2.30. The number of rotatable bonds is 10. The van der Waals surface area contributed by atoms with E-state index in [1.54, 1.807) is 0 Å². The molecule has 3 aliphatic heterocycles. The Labute approximate surface area is 229 Å². The topological polar surface area (TPSA) is 147 Å². The summed E-state index contributed by atoms with van der Waals surface area (Å²) < 4.78 is 34.4. The van der Waals surface area contributed by atoms with Crippen molar-refractivity contribution < 1.29 is 52.7 Å². The van der Waals surface area contributed by atoms with Crippen LogP contribution in [0.2, 0.25) is 0 Å². The molecule has 0 unspecified atom stereocenters. The summed E-state index contributed by atoms with van der Waals surface area (Å²) in [7, 11) is 0. The number of hydrogen-bond donors (Lipinski definition) is 1. The molecule has 3 saturated heterocycles. The largest absolute Gasteiger partial charge is 0.466 e. The van der Waals surface area contributed by atoms with Crippen molar-refractivity contribution in [2.45, 2.75) is 104 Å². The maximum atomic E-state index is 12.4. The van der Waals surface area contributed by atoms with Crippen molar-refractivity contribution in [2.75, 3.05) is 19.8 Å². The maximum Gasteiger partial charge on any atom is 0.303 e. The van der Waals surface area contributed by atoms with E-state index in [1.165, 1.54) is 27.7 Å². The van der Waals surface area contributed by atoms with Gasteiger partial charge in [-0.15, -0.1) is 0 Å². The molecule has 5 rings (SSSR count). The SMILES string of the molecule is CC(=O)OCC[C@H](CC[C@@]1(C)[C@H](C)[C@@H](OC(C)=O)[C@H](OC(C)=O)[C@]23[C@H](O)O[C@H](C[C@H]12)C[C@]31CO1)COC(C)=O. The van der Waals surface area contributed by atoms with E-state index >= 15 is 0 Å². The first-order chi connectivity index (χ1) is 18.3. The molecule has 5 fully saturated rings. The number of aliphatic hydroxyl groups is 1. The highest BCUT2D eigenvalue weighted by molar-refractivity contribution is 5.68. The molecule has 11 nitrogen and oxygen atoms in total. The lowest BCUT2D eigenvalue weighted by Crippen LogP contribution is -2.78. The second-order valence-electron chi connectivity index (χ2n) is 12.1. The van der Waals surface area contributed by atoms with Gasteiger partial charge in [0.15, 0.2) is 12.4 Å². The van der Waals surface area contributed by atoms with Crippen LogP contribution in [0.15, 0.2) is 0 Å². The Bertz CT molecular complexity index is 977. The van der Waals surface area contributed by atoms with Gasteiger partial charge in [0.1, 0.15) is 11.7 Å². The number of fused-ring (bicyclic) bond motifs is 1. The Kier molecular flexibility index (Phi) is 8.36. The van der Waals surface area contributed by atoms with Gasteiger partial charge in [-0.2, -0.15) is 0 Å². The molecule has 2 saturated carbocycles. The second-order valence-corrected chi connectivity index (χ2v) is 12.1. The minimum absolute atomic E-state index is 0.0836. The van der Waals surface area contributed by atoms with Crippen LogP contribution in [0.4, 0.5) is 0 Å². The lowest BCUT2D eigenvalue weighted by Gasteiger charge is -2.69. The normalized spacial score (nSPS) is 40.8. The first kappa shape index (κ1) is 29.7. The molecular formula is C28H42O11. The van der Waals surface area contributed by atoms with Crippen LogP contribution in [-0.4, -0.2) is 79.0 Å². The van der Waals surface area contributed by atoms with Gasteiger partial charge in [0.05, 0.1) is 31.3 Å². The van der Waals surface area contributed by atoms with Crippen LogP contribution >= 0.6 is 0 Å². The summed E-state index contributed by atoms with van der Waals surface area (Å²) >= 11 is 0. The average Bonchev–Trinajstić information content (AvgIpc) is 3.59. The molecule has 0 radical (unpaired) electrons. The monoisotopic (exact) mass is 554 g/mol. The second kappa shape index (κ2) is 11.0. The Balaban J connectivity index is 1.71. The molecule has 5 aliphatic rings. The average molecular weight is 555 g/mol. The number of esters is 4. The third-order valence-electron chi connectivity index (χ3n) is 9.78. The fourth-order valence-electron chi connectivity index (χ4n) is 7.82. The summed E-state index contributed by atoms with van der Waals surface area (Å²) in [5.41, 5.74) is -2.38. The molecule has 0 amide bonds. The van der Waals surface area contributed by atoms with Gasteiger partial charge in [0.2, 0.25) is 0 Å². The fourth-order valence-corrected chi connectivity index (χ4v) is 7.82. The smallest absolute Gasteiger partial charge is 0.303 e. The lowest BCUT2D eigenvalue weighted by atomic mass is 9.40. The van der Waals surface area contributed by atoms with Crippen molar-refractivity contribution in [2.24, 2.45) is 28.6 Å². The van der Waals surface area contributed by atoms with Gasteiger partial charge in [0.25, 0.3) is 0 Å². The quantitative estimate of drug-likeness (QED) is 0.241. The molecule has 2 aliphatic carbocycles. The molecule has 11 heteroatoms. The van der Waals surface area contributed by atoms with Crippen LogP contribution in [0.25, 0.3) is 0 Å². The van der Waals surface area contributed by atoms with Crippen molar-refractivity contribution in [3.8, 4) is 0 Å². The standard InChI is InChI=1S/C28H42O11/c1-15-23(37-18(4)31)24(38-19(5)32)28-22(11-21(39-25(28)33)12-27(28)14-36-27)26(15,6)9-7-20(13-35-17(3)30)8-10-34-16(2)29/h15,20-25,33H,7-14H2,1-6H3/t15-,20+,21-,22-,23-,24+,25-,26+,27+,28+/m1/s1. The highest BCUT2D eigenvalue weighted by atomic mass is 16.7. The van der Waals surface area contributed by atoms with Crippen LogP contribution in [0, 0.1) is 28.6 Å². The number of hydrogen-bond acceptors (Lipinski definition) is 11. The van der Waals surface area contributed by atoms with Gasteiger partial charge < -0.3 is 33.5 Å². The van der Waals surface area contributed by atoms with E-state index in [0.29, 0.717) is 38.7 Å². The summed E-state index contributed by atoms with van der Waals surface area (Å²) in [5.74, 6) is -2.33. The lowest BCUT2D eigenvalue weighted by molar-refractivity contribution is -0.381. The molecule has 3 heterocycles. The zero-order valence-electron chi connectivity index (χ0n) is 23.7. The molecule has 0 aromatic rings. The van der Waals surface area contributed by atoms with Crippen LogP contribution in [0.3, 0.4) is 0 Å². The highest BCUT2D eigenvalue weighted by Crippen LogP contribution is 2.73. The Morgan fingerprint density at radius 2 is 1.62 bits per heavy atom. The first-order valence-corrected chi connectivity index (χ1v) is 13.9. The predicted molar refractivity (Wildman–Crippen MR) is 134 cm³/mol. The summed E-state index contributed by atoms with van der Waals surface area (Å²) in [6.07, 6.45) is -0.311. The molecule has 0 aromatic carbocycles. The summed E-state index contributed by atoms with van der Waals surface area (Å²) in [6.45, 7) is 10.2. The number of ether oxygens (including phenoxy) is 6. The Morgan fingerprint density at radius 3 is 2.18 bits per heavy atom. The molecular weight excluding hydrogens is 512 g/mol. The third kappa shape index (κ3) is 5.29. The third-order valence-corrected chi connectivity index (χ3v) is 9.78. The van der Waals surface area contributed by atoms with E-state index in [0.717, 1.165) is 0 Å². The zero-order chi connectivity index (χ0) is 28.8. The minimum atomic E-state index is -1.27. The summed E-state index contributed by atoms with van der Waals surface area (Å²) in [6, 6.07) is 0. The van der Waals surface area contributed by atoms with E-state index < -0.39 is 46.9 Å². The van der Waals surface area contributed by atoms with Crippen LogP contribution < -0.4 is 0 Å². The van der Waals surface area contributed by atoms with Crippen molar-refractivity contribution in [1.82, 2.24) is 0 Å². The van der Waals surface area contributed by atoms with Gasteiger partial charge in [-0.3, -0.25) is 19.2 Å². The Morgan fingerprint density at radius 1 is 0.974 bits per heavy atom. The number of aliphatic hydroxyl groups excluding tert-OH is 1. The molecule has 39 heavy (non-hydrogen) atoms. The van der Waals surface area contributed by atoms with Crippen LogP contribution in [0.1, 0.15) is 73.6 Å². The van der Waals surface area contributed by atoms with Crippen molar-refractivity contribution in [3.05, 3.63) is 0 Å². The van der Waals surface area contributed by atoms with Crippen molar-refractivity contribution in [1.29, 1.82) is 0 Å². The molecule has 220 valence electrons. The summed E-state index contributed by atoms with van der Waals surface area (Å²) in [4.78, 5) is 47.6. The van der Waals surface area contributed by atoms with Crippen molar-refractivity contribution >= 4 is 23.9 Å². The van der Waals surface area contributed by atoms with Crippen LogP contribution in [-0.2, 0) is 47.6 Å². The van der Waals surface area contributed by atoms with Crippen LogP contribution in [0.5, 0.6) is 0 Å². The van der Waals surface area contributed by atoms with E-state index in [2.05, 4.69) is 6.92 Å². The van der Waals surface area contributed by atoms with E-state index in [-0.39, 0.29) is 49.0 Å². The van der Waals surface area contributed by atoms with Gasteiger partial charge in [0, 0.05) is 40.0 Å². The Hall–Kier alpha value is -2.24. The molecule has 0 aromatic heterocycles. The molecule has 1 N–H and O–H groups in total. The van der Waals surface area contributed by atoms with Gasteiger partial charge in [-0.05, 0) is 42.9 Å². The number of carbonyl (C=O) groups is 4. The summed E-state index contributed by atoms with van der Waals surface area (Å²) in [5, 5.41) is 11.6. The van der Waals surface area contributed by atoms with Gasteiger partial charge in [-0.25, -0.2) is 0 Å². The highest BCUT2D eigenvalue weighted by Gasteiger charge is 2.83.